The molecule has 0 unspecified atom stereocenters. The highest BCUT2D eigenvalue weighted by Crippen LogP contribution is 2.17. The van der Waals surface area contributed by atoms with Crippen LogP contribution < -0.4 is 10.1 Å². The Kier molecular flexibility index (Phi) is 6.22. The number of nitrogens with one attached hydrogen (secondary N) is 1. The normalized spacial score (nSPS) is 16.5. The van der Waals surface area contributed by atoms with Gasteiger partial charge in [-0.05, 0) is 35.7 Å². The van der Waals surface area contributed by atoms with E-state index in [-0.39, 0.29) is 11.9 Å². The Labute approximate surface area is 172 Å². The van der Waals surface area contributed by atoms with Crippen LogP contribution >= 0.6 is 0 Å². The summed E-state index contributed by atoms with van der Waals surface area (Å²) in [6, 6.07) is 28.1. The lowest BCUT2D eigenvalue weighted by Gasteiger charge is -2.17. The zero-order valence-electron chi connectivity index (χ0n) is 16.5. The van der Waals surface area contributed by atoms with Crippen molar-refractivity contribution in [3.05, 3.63) is 102 Å². The van der Waals surface area contributed by atoms with Crippen LogP contribution in [0.5, 0.6) is 5.75 Å². The molecule has 1 saturated heterocycles. The minimum Gasteiger partial charge on any atom is -0.489 e. The summed E-state index contributed by atoms with van der Waals surface area (Å²) in [4.78, 5) is 15.1. The van der Waals surface area contributed by atoms with E-state index in [1.807, 2.05) is 60.7 Å². The number of ether oxygens (including phenoxy) is 1. The molecule has 1 heterocycles. The second-order valence-corrected chi connectivity index (χ2v) is 7.48. The van der Waals surface area contributed by atoms with E-state index in [1.165, 1.54) is 5.56 Å². The first-order valence-electron chi connectivity index (χ1n) is 10.1. The van der Waals surface area contributed by atoms with Gasteiger partial charge in [0.25, 0.3) is 5.91 Å². The summed E-state index contributed by atoms with van der Waals surface area (Å²) in [7, 11) is 0. The third kappa shape index (κ3) is 5.46. The highest BCUT2D eigenvalue weighted by molar-refractivity contribution is 5.94. The van der Waals surface area contributed by atoms with Crippen LogP contribution in [0.15, 0.2) is 84.9 Å². The lowest BCUT2D eigenvalue weighted by Crippen LogP contribution is -2.37. The number of hydrogen-bond acceptors (Lipinski definition) is 3. The fourth-order valence-corrected chi connectivity index (χ4v) is 3.67. The number of carbonyl (C=O) groups is 1. The van der Waals surface area contributed by atoms with Crippen molar-refractivity contribution in [2.24, 2.45) is 0 Å². The first kappa shape index (κ1) is 19.2. The van der Waals surface area contributed by atoms with Crippen LogP contribution in [0.3, 0.4) is 0 Å². The van der Waals surface area contributed by atoms with Gasteiger partial charge in [-0.1, -0.05) is 66.7 Å². The molecule has 0 aliphatic carbocycles. The van der Waals surface area contributed by atoms with E-state index in [4.69, 9.17) is 4.74 Å². The molecule has 0 radical (unpaired) electrons. The average Bonchev–Trinajstić information content (AvgIpc) is 3.20. The van der Waals surface area contributed by atoms with Crippen LogP contribution in [-0.2, 0) is 13.2 Å². The Balaban J connectivity index is 1.29. The van der Waals surface area contributed by atoms with Crippen molar-refractivity contribution >= 4 is 5.91 Å². The summed E-state index contributed by atoms with van der Waals surface area (Å²) in [5, 5.41) is 3.18. The third-order valence-electron chi connectivity index (χ3n) is 5.20. The van der Waals surface area contributed by atoms with Gasteiger partial charge in [0.15, 0.2) is 0 Å². The molecule has 0 bridgehead atoms. The van der Waals surface area contributed by atoms with Crippen molar-refractivity contribution in [2.45, 2.75) is 25.6 Å². The minimum atomic E-state index is -0.0401. The summed E-state index contributed by atoms with van der Waals surface area (Å²) in [6.07, 6.45) is 0.975. The smallest absolute Gasteiger partial charge is 0.251 e. The van der Waals surface area contributed by atoms with E-state index < -0.39 is 0 Å². The van der Waals surface area contributed by atoms with E-state index in [9.17, 15) is 4.79 Å². The summed E-state index contributed by atoms with van der Waals surface area (Å²) in [5.74, 6) is 0.667. The molecule has 0 aromatic heterocycles. The first-order chi connectivity index (χ1) is 14.3. The van der Waals surface area contributed by atoms with Gasteiger partial charge in [0.05, 0.1) is 0 Å². The molecule has 3 aromatic rings. The van der Waals surface area contributed by atoms with E-state index in [0.717, 1.165) is 31.6 Å². The van der Waals surface area contributed by atoms with E-state index in [1.54, 1.807) is 0 Å². The van der Waals surface area contributed by atoms with Crippen molar-refractivity contribution in [1.29, 1.82) is 0 Å². The van der Waals surface area contributed by atoms with Crippen LogP contribution in [0, 0.1) is 0 Å². The van der Waals surface area contributed by atoms with E-state index >= 15 is 0 Å². The van der Waals surface area contributed by atoms with Crippen LogP contribution in [0.1, 0.15) is 27.9 Å². The molecule has 1 atom stereocenters. The Bertz CT molecular complexity index is 928. The van der Waals surface area contributed by atoms with Gasteiger partial charge < -0.3 is 10.1 Å². The van der Waals surface area contributed by atoms with Crippen molar-refractivity contribution in [1.82, 2.24) is 10.2 Å². The fourth-order valence-electron chi connectivity index (χ4n) is 3.67. The predicted octanol–water partition coefficient (Wildman–Crippen LogP) is 4.27. The quantitative estimate of drug-likeness (QED) is 0.659. The van der Waals surface area contributed by atoms with Gasteiger partial charge in [0.1, 0.15) is 12.4 Å². The molecule has 4 rings (SSSR count). The summed E-state index contributed by atoms with van der Waals surface area (Å²) in [6.45, 7) is 3.30. The monoisotopic (exact) mass is 386 g/mol. The van der Waals surface area contributed by atoms with Crippen LogP contribution in [0.25, 0.3) is 0 Å². The maximum Gasteiger partial charge on any atom is 0.251 e. The average molecular weight is 386 g/mol. The predicted molar refractivity (Wildman–Crippen MR) is 115 cm³/mol. The molecule has 148 valence electrons. The fraction of sp³-hybridized carbons (Fsp3) is 0.240. The van der Waals surface area contributed by atoms with Crippen LogP contribution in [-0.4, -0.2) is 29.9 Å². The molecule has 4 nitrogen and oxygen atoms in total. The second-order valence-electron chi connectivity index (χ2n) is 7.48. The maximum absolute atomic E-state index is 12.7. The molecule has 0 spiro atoms. The Morgan fingerprint density at radius 3 is 2.41 bits per heavy atom. The summed E-state index contributed by atoms with van der Waals surface area (Å²) < 4.78 is 5.85. The van der Waals surface area contributed by atoms with Gasteiger partial charge >= 0.3 is 0 Å². The Hall–Kier alpha value is -3.11. The number of benzene rings is 3. The third-order valence-corrected chi connectivity index (χ3v) is 5.20. The number of likely N-dealkylation sites (tertiary alicyclic amines) is 1. The molecular formula is C25H26N2O2. The minimum absolute atomic E-state index is 0.0401. The summed E-state index contributed by atoms with van der Waals surface area (Å²) >= 11 is 0. The molecule has 4 heteroatoms. The van der Waals surface area contributed by atoms with Crippen molar-refractivity contribution in [3.63, 3.8) is 0 Å². The van der Waals surface area contributed by atoms with Crippen LogP contribution in [0.2, 0.25) is 0 Å². The SMILES string of the molecule is O=C(N[C@@H]1CCN(Cc2ccccc2)C1)c1cccc(OCc2ccccc2)c1. The standard InChI is InChI=1S/C25H26N2O2/c28-25(26-23-14-15-27(18-23)17-20-8-3-1-4-9-20)22-12-7-13-24(16-22)29-19-21-10-5-2-6-11-21/h1-13,16,23H,14-15,17-19H2,(H,26,28)/t23-/m1/s1. The van der Waals surface area contributed by atoms with E-state index in [2.05, 4.69) is 34.5 Å². The molecule has 1 amide bonds. The largest absolute Gasteiger partial charge is 0.489 e. The number of carbonyl (C=O) groups excluding carboxylic acids is 1. The van der Waals surface area contributed by atoms with Gasteiger partial charge in [-0.15, -0.1) is 0 Å². The zero-order valence-corrected chi connectivity index (χ0v) is 16.5. The molecule has 3 aromatic carbocycles. The molecule has 1 aliphatic rings. The van der Waals surface area contributed by atoms with Crippen LogP contribution in [0.4, 0.5) is 0 Å². The number of amides is 1. The number of hydrogen-bond donors (Lipinski definition) is 1. The second kappa shape index (κ2) is 9.39. The Morgan fingerprint density at radius 2 is 1.66 bits per heavy atom. The summed E-state index contributed by atoms with van der Waals surface area (Å²) in [5.41, 5.74) is 3.05. The lowest BCUT2D eigenvalue weighted by atomic mass is 10.1. The zero-order chi connectivity index (χ0) is 19.9. The molecule has 1 fully saturated rings. The number of nitrogens with zero attached hydrogens (tertiary/aromatic N) is 1. The number of rotatable bonds is 7. The van der Waals surface area contributed by atoms with Crippen molar-refractivity contribution in [2.75, 3.05) is 13.1 Å². The highest BCUT2D eigenvalue weighted by atomic mass is 16.5. The van der Waals surface area contributed by atoms with Crippen molar-refractivity contribution < 1.29 is 9.53 Å². The lowest BCUT2D eigenvalue weighted by molar-refractivity contribution is 0.0937. The van der Waals surface area contributed by atoms with Gasteiger partial charge in [0.2, 0.25) is 0 Å². The molecule has 0 saturated carbocycles. The maximum atomic E-state index is 12.7. The van der Waals surface area contributed by atoms with Gasteiger partial charge in [-0.2, -0.15) is 0 Å². The van der Waals surface area contributed by atoms with Gasteiger partial charge in [-0.25, -0.2) is 0 Å². The molecule has 1 aliphatic heterocycles. The van der Waals surface area contributed by atoms with E-state index in [0.29, 0.717) is 17.9 Å². The first-order valence-corrected chi connectivity index (χ1v) is 10.1. The topological polar surface area (TPSA) is 41.6 Å². The molecule has 1 N–H and O–H groups in total. The molecular weight excluding hydrogens is 360 g/mol. The van der Waals surface area contributed by atoms with Gasteiger partial charge in [-0.3, -0.25) is 9.69 Å². The van der Waals surface area contributed by atoms with Crippen molar-refractivity contribution in [3.8, 4) is 5.75 Å². The van der Waals surface area contributed by atoms with Gasteiger partial charge in [0, 0.05) is 31.2 Å². The Morgan fingerprint density at radius 1 is 0.931 bits per heavy atom. The highest BCUT2D eigenvalue weighted by Gasteiger charge is 2.24. The molecule has 29 heavy (non-hydrogen) atoms.